The van der Waals surface area contributed by atoms with Crippen molar-refractivity contribution < 1.29 is 68.0 Å². The van der Waals surface area contributed by atoms with Gasteiger partial charge in [0.1, 0.15) is 48.1 Å². The number of nitrogens with one attached hydrogen (secondary N) is 10. The van der Waals surface area contributed by atoms with Crippen molar-refractivity contribution >= 4 is 75.9 Å². The molecule has 4 aromatic rings. The van der Waals surface area contributed by atoms with Gasteiger partial charge in [-0.25, -0.2) is 4.39 Å². The fourth-order valence-electron chi connectivity index (χ4n) is 10.5. The Hall–Kier alpha value is -8.78. The molecule has 0 spiro atoms. The van der Waals surface area contributed by atoms with Crippen LogP contribution in [0, 0.1) is 5.82 Å². The molecule has 14 N–H and O–H groups in total. The first-order chi connectivity index (χ1) is 40.0. The predicted octanol–water partition coefficient (Wildman–Crippen LogP) is -2.34. The van der Waals surface area contributed by atoms with Crippen molar-refractivity contribution in [3.8, 4) is 0 Å². The Bertz CT molecular complexity index is 3140. The van der Waals surface area contributed by atoms with Gasteiger partial charge in [-0.2, -0.15) is 0 Å². The number of carbonyl (C=O) groups excluding carboxylic acids is 11. The molecule has 3 aromatic carbocycles. The van der Waals surface area contributed by atoms with E-state index in [1.165, 1.54) is 50.2 Å². The number of rotatable bonds is 4. The van der Waals surface area contributed by atoms with E-state index in [4.69, 9.17) is 0 Å². The summed E-state index contributed by atoms with van der Waals surface area (Å²) in [6.07, 6.45) is -0.547. The Labute approximate surface area is 484 Å². The molecule has 8 atom stereocenters. The van der Waals surface area contributed by atoms with Gasteiger partial charge in [0.25, 0.3) is 0 Å². The first-order valence-corrected chi connectivity index (χ1v) is 28.1. The number of likely N-dealkylation sites (N-methyl/N-ethyl adjacent to an activating group) is 1. The summed E-state index contributed by atoms with van der Waals surface area (Å²) in [7, 11) is 1.24. The van der Waals surface area contributed by atoms with Crippen molar-refractivity contribution in [2.75, 3.05) is 33.2 Å². The summed E-state index contributed by atoms with van der Waals surface area (Å²) in [4.78, 5) is 159. The van der Waals surface area contributed by atoms with Crippen LogP contribution in [-0.2, 0) is 85.1 Å². The molecule has 4 aliphatic rings. The zero-order valence-corrected chi connectivity index (χ0v) is 47.5. The van der Waals surface area contributed by atoms with Gasteiger partial charge in [0.15, 0.2) is 6.04 Å². The van der Waals surface area contributed by atoms with Gasteiger partial charge in [0.2, 0.25) is 65.0 Å². The standard InChI is InChI=1S/C58H74FN13O12/c1-32-51(78)69-44(27-60)53(80)67-42-24-36-7-5-8-37(23-36)29-64-46(74)16-15-45(71(4)56(83)43(68-52(42)79)25-38-30-62-41-14-13-39(59)26-40(38)41)54(81)70-50(33(2)73)55(82)65-31-49(77)72-22-6-20-58(72,3)57(84)61-21-19-34-9-11-35(12-10-34)28-63-47(75)17-18-48(76)66-32/h5,7-14,23,26,30,32-33,42-45,50,62,73H,6,15-22,24-25,27-29,31,60H2,1-4H3,(H,61,84)(H,63,75)(H,64,74)(H,65,82)(H,66,76)(H,67,80)(H,68,79)(H,69,78)(H,70,81)/p+1/t32-,33+,42-,43-,44+,45-,50-,58-/m0/s1. The van der Waals surface area contributed by atoms with Gasteiger partial charge in [0.05, 0.1) is 12.6 Å². The van der Waals surface area contributed by atoms with Crippen LogP contribution in [0.25, 0.3) is 10.9 Å². The summed E-state index contributed by atoms with van der Waals surface area (Å²) in [6.45, 7) is 3.91. The van der Waals surface area contributed by atoms with Gasteiger partial charge < -0.3 is 73.5 Å². The van der Waals surface area contributed by atoms with Gasteiger partial charge in [-0.3, -0.25) is 52.7 Å². The number of halogens is 1. The van der Waals surface area contributed by atoms with Gasteiger partial charge in [0, 0.05) is 82.4 Å². The Balaban J connectivity index is 1.21. The number of aliphatic hydroxyl groups excluding tert-OH is 1. The van der Waals surface area contributed by atoms with Crippen LogP contribution in [0.1, 0.15) is 87.1 Å². The highest BCUT2D eigenvalue weighted by molar-refractivity contribution is 5.99. The van der Waals surface area contributed by atoms with Gasteiger partial charge in [-0.05, 0) is 92.5 Å². The third kappa shape index (κ3) is 16.3. The summed E-state index contributed by atoms with van der Waals surface area (Å²) in [6, 6.07) is 9.01. The number of hydrogen-bond donors (Lipinski definition) is 12. The zero-order valence-electron chi connectivity index (χ0n) is 47.5. The second-order valence-corrected chi connectivity index (χ2v) is 21.7. The Morgan fingerprint density at radius 2 is 1.37 bits per heavy atom. The van der Waals surface area contributed by atoms with Crippen molar-refractivity contribution in [1.82, 2.24) is 62.6 Å². The van der Waals surface area contributed by atoms with Crippen molar-refractivity contribution in [3.63, 3.8) is 0 Å². The first-order valence-electron chi connectivity index (χ1n) is 28.1. The molecule has 4 aliphatic heterocycles. The van der Waals surface area contributed by atoms with E-state index in [2.05, 4.69) is 58.6 Å². The minimum atomic E-state index is -1.73. The van der Waals surface area contributed by atoms with Crippen LogP contribution in [0.4, 0.5) is 4.39 Å². The molecular weight excluding hydrogens is 1090 g/mol. The molecule has 84 heavy (non-hydrogen) atoms. The van der Waals surface area contributed by atoms with E-state index in [9.17, 15) is 57.4 Å². The van der Waals surface area contributed by atoms with Crippen molar-refractivity contribution in [2.24, 2.45) is 0 Å². The number of fused-ring (bicyclic) bond motifs is 26. The summed E-state index contributed by atoms with van der Waals surface area (Å²) >= 11 is 0. The lowest BCUT2D eigenvalue weighted by Gasteiger charge is -2.34. The number of aromatic amines is 1. The van der Waals surface area contributed by atoms with Crippen LogP contribution in [0.15, 0.2) is 72.9 Å². The monoisotopic (exact) mass is 1160 g/mol. The Morgan fingerprint density at radius 1 is 0.690 bits per heavy atom. The molecule has 6 bridgehead atoms. The van der Waals surface area contributed by atoms with E-state index in [1.807, 2.05) is 12.1 Å². The third-order valence-corrected chi connectivity index (χ3v) is 15.5. The zero-order chi connectivity index (χ0) is 60.8. The van der Waals surface area contributed by atoms with E-state index in [1.54, 1.807) is 43.3 Å². The molecule has 25 nitrogen and oxygen atoms in total. The summed E-state index contributed by atoms with van der Waals surface area (Å²) in [5, 5.41) is 35.3. The maximum atomic E-state index is 15.1. The van der Waals surface area contributed by atoms with Crippen molar-refractivity contribution in [1.29, 1.82) is 0 Å². The molecule has 1 aromatic heterocycles. The molecule has 5 heterocycles. The molecule has 1 fully saturated rings. The first kappa shape index (κ1) is 62.8. The number of carbonyl (C=O) groups is 11. The molecule has 1 saturated heterocycles. The highest BCUT2D eigenvalue weighted by Crippen LogP contribution is 2.29. The summed E-state index contributed by atoms with van der Waals surface area (Å²) in [5.41, 5.74) is 6.11. The molecule has 0 saturated carbocycles. The number of amides is 11. The fourth-order valence-corrected chi connectivity index (χ4v) is 10.5. The lowest BCUT2D eigenvalue weighted by atomic mass is 9.97. The second-order valence-electron chi connectivity index (χ2n) is 21.7. The SMILES string of the molecule is C[C@@H]1NC(=O)CCC(=O)NCc2ccc(cc2)CCNC(=O)[C@]2(C)CCCN2C(=O)CNC(=O)[C@H]([C@@H](C)O)NC(=O)[C@@H]2CCC(=O)NCc3cccc(c3)C[C@H](NC(=O)[C@@H](C[NH3+])NC1=O)C(=O)N[C@@H](Cc1c[nH]c3ccc(F)cc13)C(=O)N2C. The van der Waals surface area contributed by atoms with Gasteiger partial charge >= 0.3 is 0 Å². The molecule has 0 unspecified atom stereocenters. The van der Waals surface area contributed by atoms with E-state index >= 15 is 4.79 Å². The molecular formula is C58H75FN13O12+. The largest absolute Gasteiger partial charge is 0.391 e. The fraction of sp³-hybridized carbons (Fsp3) is 0.466. The van der Waals surface area contributed by atoms with Crippen LogP contribution in [0.2, 0.25) is 0 Å². The van der Waals surface area contributed by atoms with Crippen LogP contribution in [0.3, 0.4) is 0 Å². The minimum Gasteiger partial charge on any atom is -0.391 e. The second kappa shape index (κ2) is 28.5. The Kier molecular flexibility index (Phi) is 21.3. The number of aromatic nitrogens is 1. The minimum absolute atomic E-state index is 0.0226. The van der Waals surface area contributed by atoms with Gasteiger partial charge in [-0.15, -0.1) is 0 Å². The quantitative estimate of drug-likeness (QED) is 0.0958. The van der Waals surface area contributed by atoms with Crippen LogP contribution in [0.5, 0.6) is 0 Å². The molecule has 26 heteroatoms. The average molecular weight is 1170 g/mol. The van der Waals surface area contributed by atoms with Crippen molar-refractivity contribution in [3.05, 3.63) is 107 Å². The van der Waals surface area contributed by atoms with E-state index in [0.29, 0.717) is 46.9 Å². The average Bonchev–Trinajstić information content (AvgIpc) is 4.31. The number of benzene rings is 3. The van der Waals surface area contributed by atoms with E-state index in [-0.39, 0.29) is 71.2 Å². The Morgan fingerprint density at radius 3 is 2.10 bits per heavy atom. The number of nitrogens with zero attached hydrogens (tertiary/aromatic N) is 2. The maximum Gasteiger partial charge on any atom is 0.249 e. The van der Waals surface area contributed by atoms with E-state index < -0.39 is 125 Å². The number of quaternary nitrogens is 1. The van der Waals surface area contributed by atoms with Gasteiger partial charge in [-0.1, -0.05) is 48.5 Å². The number of hydrogen-bond acceptors (Lipinski definition) is 12. The summed E-state index contributed by atoms with van der Waals surface area (Å²) in [5.74, 6) is -8.69. The molecule has 8 rings (SSSR count). The lowest BCUT2D eigenvalue weighted by molar-refractivity contribution is -0.370. The van der Waals surface area contributed by atoms with Crippen molar-refractivity contribution in [2.45, 2.75) is 140 Å². The number of aliphatic hydroxyl groups is 1. The molecule has 0 radical (unpaired) electrons. The maximum absolute atomic E-state index is 15.1. The topological polar surface area (TPSA) is 366 Å². The van der Waals surface area contributed by atoms with E-state index in [0.717, 1.165) is 16.0 Å². The molecule has 0 aliphatic carbocycles. The summed E-state index contributed by atoms with van der Waals surface area (Å²) < 4.78 is 14.8. The smallest absolute Gasteiger partial charge is 0.249 e. The van der Waals surface area contributed by atoms with Crippen LogP contribution in [-0.4, -0.2) is 166 Å². The molecule has 450 valence electrons. The highest BCUT2D eigenvalue weighted by Gasteiger charge is 2.46. The normalized spacial score (nSPS) is 25.4. The van der Waals surface area contributed by atoms with Crippen LogP contribution >= 0.6 is 0 Å². The number of H-pyrrole nitrogens is 1. The predicted molar refractivity (Wildman–Crippen MR) is 301 cm³/mol. The lowest BCUT2D eigenvalue weighted by Crippen LogP contribution is -2.67. The third-order valence-electron chi connectivity index (χ3n) is 15.5. The van der Waals surface area contributed by atoms with Crippen LogP contribution < -0.4 is 53.6 Å². The molecule has 11 amide bonds. The highest BCUT2D eigenvalue weighted by atomic mass is 19.1.